The lowest BCUT2D eigenvalue weighted by molar-refractivity contribution is 0.0207. The van der Waals surface area contributed by atoms with Crippen LogP contribution in [0.4, 0.5) is 21.0 Å². The van der Waals surface area contributed by atoms with Crippen molar-refractivity contribution in [1.29, 1.82) is 0 Å². The summed E-state index contributed by atoms with van der Waals surface area (Å²) >= 11 is 0. The van der Waals surface area contributed by atoms with Crippen molar-refractivity contribution in [2.24, 2.45) is 0 Å². The number of ketones is 1. The van der Waals surface area contributed by atoms with Crippen LogP contribution in [-0.2, 0) is 16.0 Å². The molecule has 51 heavy (non-hydrogen) atoms. The molecule has 0 bridgehead atoms. The Kier molecular flexibility index (Phi) is 9.40. The van der Waals surface area contributed by atoms with Gasteiger partial charge in [-0.3, -0.25) is 14.9 Å². The van der Waals surface area contributed by atoms with Crippen LogP contribution in [-0.4, -0.2) is 103 Å². The molecule has 4 aromatic rings. The first-order valence-electron chi connectivity index (χ1n) is 17.2. The van der Waals surface area contributed by atoms with Crippen LogP contribution < -0.4 is 20.4 Å². The van der Waals surface area contributed by atoms with Crippen LogP contribution in [0.2, 0.25) is 0 Å². The number of piperazine rings is 1. The van der Waals surface area contributed by atoms with Crippen LogP contribution in [0.15, 0.2) is 66.7 Å². The van der Waals surface area contributed by atoms with Gasteiger partial charge in [-0.1, -0.05) is 36.4 Å². The first-order valence-corrected chi connectivity index (χ1v) is 17.2. The highest BCUT2D eigenvalue weighted by molar-refractivity contribution is 6.27. The Morgan fingerprint density at radius 3 is 2.25 bits per heavy atom. The molecule has 0 radical (unpaired) electrons. The van der Waals surface area contributed by atoms with Gasteiger partial charge >= 0.3 is 12.1 Å². The largest absolute Gasteiger partial charge is 0.497 e. The smallest absolute Gasteiger partial charge is 0.410 e. The Morgan fingerprint density at radius 2 is 1.59 bits per heavy atom. The van der Waals surface area contributed by atoms with Gasteiger partial charge in [-0.2, -0.15) is 5.10 Å². The minimum absolute atomic E-state index is 0.194. The molecule has 2 N–H and O–H groups in total. The van der Waals surface area contributed by atoms with E-state index >= 15 is 0 Å². The number of urea groups is 1. The summed E-state index contributed by atoms with van der Waals surface area (Å²) in [4.78, 5) is 44.0. The summed E-state index contributed by atoms with van der Waals surface area (Å²) in [6.07, 6.45) is -0.293. The number of hydrazine groups is 1. The first kappa shape index (κ1) is 34.1. The van der Waals surface area contributed by atoms with Gasteiger partial charge in [-0.05, 0) is 56.7 Å². The highest BCUT2D eigenvalue weighted by Gasteiger charge is 2.37. The molecule has 3 amide bonds. The number of fused-ring (bicyclic) bond motifs is 3. The average Bonchev–Trinajstić information content (AvgIpc) is 3.64. The van der Waals surface area contributed by atoms with E-state index in [1.807, 2.05) is 86.1 Å². The van der Waals surface area contributed by atoms with Crippen molar-refractivity contribution in [2.75, 3.05) is 69.8 Å². The summed E-state index contributed by atoms with van der Waals surface area (Å²) in [5.74, 6) is 0.559. The van der Waals surface area contributed by atoms with Gasteiger partial charge in [0.15, 0.2) is 5.78 Å². The predicted molar refractivity (Wildman–Crippen MR) is 193 cm³/mol. The Bertz CT molecular complexity index is 1920. The number of anilines is 2. The van der Waals surface area contributed by atoms with E-state index in [0.717, 1.165) is 22.6 Å². The van der Waals surface area contributed by atoms with Crippen LogP contribution in [0.25, 0.3) is 22.5 Å². The van der Waals surface area contributed by atoms with Crippen LogP contribution in [0, 0.1) is 0 Å². The lowest BCUT2D eigenvalue weighted by Crippen LogP contribution is -2.50. The number of hydrogen-bond acceptors (Lipinski definition) is 9. The quantitative estimate of drug-likeness (QED) is 0.235. The molecule has 3 aliphatic rings. The van der Waals surface area contributed by atoms with Gasteiger partial charge in [0.05, 0.1) is 49.4 Å². The van der Waals surface area contributed by atoms with Crippen molar-refractivity contribution in [2.45, 2.75) is 32.9 Å². The Balaban J connectivity index is 1.16. The molecule has 0 unspecified atom stereocenters. The summed E-state index contributed by atoms with van der Waals surface area (Å²) in [7, 11) is 1.63. The van der Waals surface area contributed by atoms with E-state index in [9.17, 15) is 14.4 Å². The number of nitrogens with one attached hydrogen (secondary N) is 2. The van der Waals surface area contributed by atoms with E-state index in [1.54, 1.807) is 23.1 Å². The molecule has 1 aliphatic carbocycles. The fourth-order valence-corrected chi connectivity index (χ4v) is 6.67. The number of rotatable bonds is 7. The van der Waals surface area contributed by atoms with Crippen molar-refractivity contribution >= 4 is 29.3 Å². The van der Waals surface area contributed by atoms with Crippen molar-refractivity contribution < 1.29 is 28.6 Å². The third-order valence-corrected chi connectivity index (χ3v) is 9.17. The molecule has 2 saturated heterocycles. The van der Waals surface area contributed by atoms with Gasteiger partial charge in [0.2, 0.25) is 0 Å². The maximum atomic E-state index is 14.4. The molecule has 0 atom stereocenters. The number of aromatic nitrogens is 2. The molecule has 13 heteroatoms. The molecule has 1 aromatic heterocycles. The number of carbonyl (C=O) groups excluding carboxylic acids is 3. The van der Waals surface area contributed by atoms with E-state index in [1.165, 1.54) is 0 Å². The topological polar surface area (TPSA) is 130 Å². The number of nitrogens with zero attached hydrogens (tertiary/aromatic N) is 5. The van der Waals surface area contributed by atoms with Crippen molar-refractivity contribution in [3.8, 4) is 28.3 Å². The zero-order valence-electron chi connectivity index (χ0n) is 29.4. The highest BCUT2D eigenvalue weighted by atomic mass is 16.6. The average molecular weight is 694 g/mol. The SMILES string of the molecule is COc1ccc(Cn2nc(-c3ccc(N4CCN(C(=O)OC(C)(C)C)CC4)cc3)c3c2-c2cccc(NC(=O)NN4CCOCC4)c2C3=O)cc1. The van der Waals surface area contributed by atoms with Gasteiger partial charge in [-0.15, -0.1) is 0 Å². The summed E-state index contributed by atoms with van der Waals surface area (Å²) < 4.78 is 18.2. The maximum Gasteiger partial charge on any atom is 0.410 e. The molecule has 3 aromatic carbocycles. The predicted octanol–water partition coefficient (Wildman–Crippen LogP) is 5.24. The van der Waals surface area contributed by atoms with Crippen molar-refractivity contribution in [3.05, 3.63) is 83.4 Å². The molecule has 2 fully saturated rings. The third kappa shape index (κ3) is 7.26. The van der Waals surface area contributed by atoms with E-state index in [2.05, 4.69) is 15.6 Å². The molecule has 3 heterocycles. The lowest BCUT2D eigenvalue weighted by Gasteiger charge is -2.36. The lowest BCUT2D eigenvalue weighted by atomic mass is 10.0. The van der Waals surface area contributed by atoms with Crippen molar-refractivity contribution in [1.82, 2.24) is 25.1 Å². The number of morpholine rings is 1. The Labute approximate surface area is 297 Å². The minimum Gasteiger partial charge on any atom is -0.497 e. The minimum atomic E-state index is -0.537. The highest BCUT2D eigenvalue weighted by Crippen LogP contribution is 2.45. The summed E-state index contributed by atoms with van der Waals surface area (Å²) in [6, 6.07) is 20.9. The molecule has 266 valence electrons. The normalized spacial score (nSPS) is 16.0. The summed E-state index contributed by atoms with van der Waals surface area (Å²) in [6.45, 7) is 10.7. The van der Waals surface area contributed by atoms with Gasteiger partial charge in [0.25, 0.3) is 0 Å². The maximum absolute atomic E-state index is 14.4. The van der Waals surface area contributed by atoms with Gasteiger partial charge in [-0.25, -0.2) is 14.6 Å². The van der Waals surface area contributed by atoms with Crippen LogP contribution in [0.5, 0.6) is 5.75 Å². The van der Waals surface area contributed by atoms with Gasteiger partial charge < -0.3 is 29.3 Å². The van der Waals surface area contributed by atoms with Crippen molar-refractivity contribution in [3.63, 3.8) is 0 Å². The van der Waals surface area contributed by atoms with Crippen LogP contribution in [0.3, 0.4) is 0 Å². The monoisotopic (exact) mass is 693 g/mol. The number of ether oxygens (including phenoxy) is 3. The fraction of sp³-hybridized carbons (Fsp3) is 0.368. The Morgan fingerprint density at radius 1 is 0.882 bits per heavy atom. The van der Waals surface area contributed by atoms with Crippen LogP contribution in [0.1, 0.15) is 42.3 Å². The first-order chi connectivity index (χ1) is 24.6. The number of methoxy groups -OCH3 is 1. The molecular formula is C38H43N7O6. The molecular weight excluding hydrogens is 650 g/mol. The standard InChI is InChI=1S/C38H43N7O6/c1-38(2,3)51-37(48)43-18-16-42(17-19-43)27-12-10-26(11-13-27)33-32-34(45(40-33)24-25-8-14-28(49-4)15-9-25)29-6-5-7-30(31(29)35(32)46)39-36(47)41-44-20-22-50-23-21-44/h5-15H,16-24H2,1-4H3,(H2,39,41,47). The molecule has 7 rings (SSSR count). The summed E-state index contributed by atoms with van der Waals surface area (Å²) in [5.41, 5.74) is 8.50. The number of amides is 3. The number of carbonyl (C=O) groups is 3. The second kappa shape index (κ2) is 14.1. The molecule has 2 aliphatic heterocycles. The Hall–Kier alpha value is -5.40. The third-order valence-electron chi connectivity index (χ3n) is 9.17. The number of hydrogen-bond donors (Lipinski definition) is 2. The fourth-order valence-electron chi connectivity index (χ4n) is 6.67. The van der Waals surface area contributed by atoms with E-state index in [0.29, 0.717) is 92.8 Å². The summed E-state index contributed by atoms with van der Waals surface area (Å²) in [5, 5.41) is 9.75. The molecule has 0 spiro atoms. The zero-order valence-corrected chi connectivity index (χ0v) is 29.4. The number of benzene rings is 3. The molecule has 13 nitrogen and oxygen atoms in total. The van der Waals surface area contributed by atoms with Crippen LogP contribution >= 0.6 is 0 Å². The van der Waals surface area contributed by atoms with E-state index in [-0.39, 0.29) is 11.9 Å². The molecule has 0 saturated carbocycles. The second-order valence-corrected chi connectivity index (χ2v) is 13.8. The zero-order chi connectivity index (χ0) is 35.7. The van der Waals surface area contributed by atoms with E-state index < -0.39 is 11.6 Å². The van der Waals surface area contributed by atoms with Gasteiger partial charge in [0.1, 0.15) is 17.0 Å². The van der Waals surface area contributed by atoms with E-state index in [4.69, 9.17) is 19.3 Å². The van der Waals surface area contributed by atoms with Gasteiger partial charge in [0, 0.05) is 56.1 Å². The second-order valence-electron chi connectivity index (χ2n) is 13.8.